The molecule has 1 aliphatic heterocycles. The van der Waals surface area contributed by atoms with Crippen molar-refractivity contribution in [3.05, 3.63) is 101 Å². The molecule has 3 aromatic heterocycles. The minimum absolute atomic E-state index is 0.121. The van der Waals surface area contributed by atoms with Gasteiger partial charge in [-0.05, 0) is 69.6 Å². The zero-order valence-electron chi connectivity index (χ0n) is 24.6. The number of nitrogens with zero attached hydrogens (tertiary/aromatic N) is 7. The lowest BCUT2D eigenvalue weighted by atomic mass is 10.0. The summed E-state index contributed by atoms with van der Waals surface area (Å²) in [6.45, 7) is 9.67. The zero-order valence-corrected chi connectivity index (χ0v) is 25.3. The van der Waals surface area contributed by atoms with Gasteiger partial charge < -0.3 is 15.5 Å². The van der Waals surface area contributed by atoms with Gasteiger partial charge in [-0.15, -0.1) is 5.10 Å². The summed E-state index contributed by atoms with van der Waals surface area (Å²) in [4.78, 5) is 10.2. The molecule has 2 N–H and O–H groups in total. The molecule has 0 unspecified atom stereocenters. The van der Waals surface area contributed by atoms with Crippen LogP contribution in [0.25, 0.3) is 10.9 Å². The highest BCUT2D eigenvalue weighted by Gasteiger charge is 2.21. The van der Waals surface area contributed by atoms with E-state index in [-0.39, 0.29) is 22.0 Å². The third kappa shape index (κ3) is 7.68. The molecule has 1 saturated heterocycles. The second-order valence-corrected chi connectivity index (χ2v) is 11.0. The quantitative estimate of drug-likeness (QED) is 0.123. The Balaban J connectivity index is 1.48. The standard InChI is InChI=1S/C32H31ClF3N9/c1-3-22(34)8-7-20(2)29(28-19-45(43-42-28)12-6-11-44-9-4-5-10-44)40-23-13-25-30(41-24-15-27(35)32(36)39-18-24)21(16-37)17-38-31(25)26(33)14-23/h3,7-8,13-15,17-19,29,40H,2,4-6,9-12H2,1H3,(H,38,41)/b8-7-,22-3+/t29-/m0/s1. The minimum Gasteiger partial charge on any atom is -0.373 e. The number of aromatic nitrogens is 5. The molecular formula is C32H31ClF3N9. The third-order valence-corrected chi connectivity index (χ3v) is 7.73. The summed E-state index contributed by atoms with van der Waals surface area (Å²) in [5, 5.41) is 25.5. The van der Waals surface area contributed by atoms with E-state index >= 15 is 0 Å². The minimum atomic E-state index is -1.24. The molecule has 5 rings (SSSR count). The van der Waals surface area contributed by atoms with Crippen molar-refractivity contribution in [1.29, 1.82) is 5.26 Å². The van der Waals surface area contributed by atoms with E-state index in [4.69, 9.17) is 11.6 Å². The Labute approximate surface area is 263 Å². The van der Waals surface area contributed by atoms with E-state index in [1.807, 2.05) is 6.20 Å². The number of allylic oxidation sites excluding steroid dienone is 3. The first-order valence-electron chi connectivity index (χ1n) is 14.4. The van der Waals surface area contributed by atoms with Gasteiger partial charge in [0.15, 0.2) is 5.82 Å². The number of fused-ring (bicyclic) bond motifs is 1. The first-order chi connectivity index (χ1) is 21.7. The fourth-order valence-corrected chi connectivity index (χ4v) is 5.38. The molecule has 0 spiro atoms. The number of hydrogen-bond donors (Lipinski definition) is 2. The zero-order chi connectivity index (χ0) is 31.9. The predicted octanol–water partition coefficient (Wildman–Crippen LogP) is 7.39. The average molecular weight is 634 g/mol. The van der Waals surface area contributed by atoms with Crippen LogP contribution in [0.2, 0.25) is 5.02 Å². The van der Waals surface area contributed by atoms with Gasteiger partial charge in [-0.2, -0.15) is 9.65 Å². The normalized spacial score (nSPS) is 14.6. The highest BCUT2D eigenvalue weighted by Crippen LogP contribution is 2.36. The Kier molecular flexibility index (Phi) is 10.1. The van der Waals surface area contributed by atoms with Crippen molar-refractivity contribution in [3.8, 4) is 6.07 Å². The Hall–Kier alpha value is -4.73. The molecule has 232 valence electrons. The van der Waals surface area contributed by atoms with Crippen molar-refractivity contribution in [2.45, 2.75) is 38.8 Å². The number of benzene rings is 1. The number of likely N-dealkylation sites (tertiary alicyclic amines) is 1. The van der Waals surface area contributed by atoms with Crippen LogP contribution in [-0.4, -0.2) is 49.5 Å². The topological polar surface area (TPSA) is 108 Å². The first kappa shape index (κ1) is 31.7. The molecule has 0 aliphatic carbocycles. The molecule has 0 amide bonds. The Morgan fingerprint density at radius 3 is 2.67 bits per heavy atom. The van der Waals surface area contributed by atoms with Crippen molar-refractivity contribution >= 4 is 39.6 Å². The van der Waals surface area contributed by atoms with Gasteiger partial charge in [-0.25, -0.2) is 13.8 Å². The van der Waals surface area contributed by atoms with Crippen molar-refractivity contribution in [3.63, 3.8) is 0 Å². The number of rotatable bonds is 12. The van der Waals surface area contributed by atoms with Gasteiger partial charge in [0.05, 0.1) is 45.9 Å². The molecule has 4 heterocycles. The van der Waals surface area contributed by atoms with Crippen LogP contribution in [0.4, 0.5) is 30.2 Å². The molecule has 9 nitrogen and oxygen atoms in total. The largest absolute Gasteiger partial charge is 0.373 e. The predicted molar refractivity (Wildman–Crippen MR) is 169 cm³/mol. The van der Waals surface area contributed by atoms with E-state index in [1.54, 1.807) is 29.8 Å². The van der Waals surface area contributed by atoms with Crippen molar-refractivity contribution < 1.29 is 13.2 Å². The molecule has 0 saturated carbocycles. The van der Waals surface area contributed by atoms with Crippen LogP contribution in [0, 0.1) is 23.1 Å². The fraction of sp³-hybridized carbons (Fsp3) is 0.281. The second kappa shape index (κ2) is 14.4. The third-order valence-electron chi connectivity index (χ3n) is 7.44. The van der Waals surface area contributed by atoms with Crippen LogP contribution in [0.1, 0.15) is 43.5 Å². The van der Waals surface area contributed by atoms with Crippen LogP contribution >= 0.6 is 11.6 Å². The lowest BCUT2D eigenvalue weighted by Crippen LogP contribution is -2.21. The summed E-state index contributed by atoms with van der Waals surface area (Å²) in [7, 11) is 0. The summed E-state index contributed by atoms with van der Waals surface area (Å²) < 4.78 is 43.2. The number of anilines is 3. The fourth-order valence-electron chi connectivity index (χ4n) is 5.12. The van der Waals surface area contributed by atoms with Gasteiger partial charge in [0, 0.05) is 29.9 Å². The van der Waals surface area contributed by atoms with E-state index in [1.165, 1.54) is 31.2 Å². The molecule has 1 aromatic carbocycles. The molecule has 0 bridgehead atoms. The number of pyridine rings is 2. The van der Waals surface area contributed by atoms with E-state index in [0.717, 1.165) is 38.3 Å². The number of aryl methyl sites for hydroxylation is 1. The number of nitrogens with one attached hydrogen (secondary N) is 2. The Bertz CT molecular complexity index is 1810. The molecule has 1 aliphatic rings. The van der Waals surface area contributed by atoms with Crippen LogP contribution in [-0.2, 0) is 6.54 Å². The molecule has 13 heteroatoms. The van der Waals surface area contributed by atoms with Gasteiger partial charge >= 0.3 is 0 Å². The van der Waals surface area contributed by atoms with Gasteiger partial charge in [0.1, 0.15) is 17.6 Å². The highest BCUT2D eigenvalue weighted by molar-refractivity contribution is 6.36. The average Bonchev–Trinajstić information content (AvgIpc) is 3.73. The van der Waals surface area contributed by atoms with Crippen molar-refractivity contribution in [2.75, 3.05) is 30.3 Å². The molecule has 45 heavy (non-hydrogen) atoms. The van der Waals surface area contributed by atoms with Crippen molar-refractivity contribution in [2.24, 2.45) is 0 Å². The second-order valence-electron chi connectivity index (χ2n) is 10.6. The SMILES string of the molecule is C=C(/C=C\C(F)=C/C)[C@H](Nc1cc(Cl)c2ncc(C#N)c(Nc3cnc(F)c(F)c3)c2c1)c1cn(CCCN2CCCC2)nn1. The number of hydrogen-bond acceptors (Lipinski definition) is 8. The summed E-state index contributed by atoms with van der Waals surface area (Å²) in [6, 6.07) is 5.73. The van der Waals surface area contributed by atoms with Crippen LogP contribution in [0.3, 0.4) is 0 Å². The van der Waals surface area contributed by atoms with Crippen molar-refractivity contribution in [1.82, 2.24) is 29.9 Å². The van der Waals surface area contributed by atoms with E-state index in [9.17, 15) is 18.4 Å². The van der Waals surface area contributed by atoms with Gasteiger partial charge in [-0.1, -0.05) is 35.5 Å². The molecule has 1 fully saturated rings. The Morgan fingerprint density at radius 1 is 1.13 bits per heavy atom. The van der Waals surface area contributed by atoms with Crippen LogP contribution in [0.5, 0.6) is 0 Å². The van der Waals surface area contributed by atoms with Gasteiger partial charge in [-0.3, -0.25) is 9.67 Å². The van der Waals surface area contributed by atoms with Gasteiger partial charge in [0.2, 0.25) is 5.95 Å². The summed E-state index contributed by atoms with van der Waals surface area (Å²) in [6.07, 6.45) is 11.9. The van der Waals surface area contributed by atoms with Gasteiger partial charge in [0.25, 0.3) is 0 Å². The van der Waals surface area contributed by atoms with Crippen LogP contribution < -0.4 is 10.6 Å². The molecule has 4 aromatic rings. The lowest BCUT2D eigenvalue weighted by Gasteiger charge is -2.20. The van der Waals surface area contributed by atoms with E-state index in [2.05, 4.69) is 48.5 Å². The van der Waals surface area contributed by atoms with E-state index in [0.29, 0.717) is 34.4 Å². The molecule has 0 radical (unpaired) electrons. The smallest absolute Gasteiger partial charge is 0.249 e. The maximum absolute atomic E-state index is 14.0. The number of nitriles is 1. The maximum Gasteiger partial charge on any atom is 0.249 e. The van der Waals surface area contributed by atoms with E-state index < -0.39 is 23.6 Å². The number of halogens is 4. The monoisotopic (exact) mass is 633 g/mol. The lowest BCUT2D eigenvalue weighted by molar-refractivity contribution is 0.321. The Morgan fingerprint density at radius 2 is 1.93 bits per heavy atom. The molecular weight excluding hydrogens is 603 g/mol. The maximum atomic E-state index is 14.0. The summed E-state index contributed by atoms with van der Waals surface area (Å²) >= 11 is 6.66. The molecule has 1 atom stereocenters. The van der Waals surface area contributed by atoms with Crippen LogP contribution in [0.15, 0.2) is 73.0 Å². The summed E-state index contributed by atoms with van der Waals surface area (Å²) in [5.41, 5.74) is 2.47. The first-order valence-corrected chi connectivity index (χ1v) is 14.8. The summed E-state index contributed by atoms with van der Waals surface area (Å²) in [5.74, 6) is -2.81. The highest BCUT2D eigenvalue weighted by atomic mass is 35.5.